The fraction of sp³-hybridized carbons (Fsp3) is 0.923. The minimum atomic E-state index is -0.694. The van der Waals surface area contributed by atoms with Gasteiger partial charge < -0.3 is 9.84 Å². The summed E-state index contributed by atoms with van der Waals surface area (Å²) in [5.41, 5.74) is 0.226. The molecule has 0 saturated carbocycles. The summed E-state index contributed by atoms with van der Waals surface area (Å²) in [6.45, 7) is 9.47. The molecule has 0 aromatic rings. The Kier molecular flexibility index (Phi) is 5.40. The van der Waals surface area contributed by atoms with Crippen LogP contribution in [0.15, 0.2) is 0 Å². The zero-order valence-corrected chi connectivity index (χ0v) is 11.2. The molecular weight excluding hydrogens is 218 g/mol. The summed E-state index contributed by atoms with van der Waals surface area (Å²) < 4.78 is 5.51. The summed E-state index contributed by atoms with van der Waals surface area (Å²) >= 11 is 0. The zero-order chi connectivity index (χ0) is 12.9. The van der Waals surface area contributed by atoms with E-state index in [1.165, 1.54) is 0 Å². The third kappa shape index (κ3) is 3.96. The molecule has 0 amide bonds. The Balaban J connectivity index is 2.46. The Morgan fingerprint density at radius 3 is 2.41 bits per heavy atom. The minimum absolute atomic E-state index is 0.226. The van der Waals surface area contributed by atoms with E-state index in [1.54, 1.807) is 0 Å². The van der Waals surface area contributed by atoms with Gasteiger partial charge >= 0.3 is 5.97 Å². The van der Waals surface area contributed by atoms with E-state index in [4.69, 9.17) is 9.84 Å². The Labute approximate surface area is 104 Å². The van der Waals surface area contributed by atoms with Crippen LogP contribution in [-0.2, 0) is 9.53 Å². The van der Waals surface area contributed by atoms with Crippen LogP contribution in [0.2, 0.25) is 0 Å². The molecule has 100 valence electrons. The van der Waals surface area contributed by atoms with E-state index in [-0.39, 0.29) is 11.5 Å². The molecule has 1 aliphatic rings. The van der Waals surface area contributed by atoms with Crippen molar-refractivity contribution < 1.29 is 14.6 Å². The van der Waals surface area contributed by atoms with Crippen LogP contribution in [0.4, 0.5) is 0 Å². The summed E-state index contributed by atoms with van der Waals surface area (Å²) in [5, 5.41) is 9.13. The largest absolute Gasteiger partial charge is 0.480 e. The van der Waals surface area contributed by atoms with Crippen molar-refractivity contribution in [2.75, 3.05) is 26.3 Å². The van der Waals surface area contributed by atoms with Crippen molar-refractivity contribution >= 4 is 5.97 Å². The van der Waals surface area contributed by atoms with Gasteiger partial charge in [0.1, 0.15) is 6.04 Å². The number of likely N-dealkylation sites (tertiary alicyclic amines) is 1. The number of rotatable bonds is 6. The van der Waals surface area contributed by atoms with Crippen molar-refractivity contribution in [2.45, 2.75) is 46.1 Å². The average molecular weight is 243 g/mol. The number of carboxylic acid groups (broad SMARTS) is 1. The fourth-order valence-corrected chi connectivity index (χ4v) is 2.46. The number of carboxylic acids is 1. The van der Waals surface area contributed by atoms with Gasteiger partial charge in [-0.05, 0) is 44.7 Å². The van der Waals surface area contributed by atoms with E-state index in [2.05, 4.69) is 11.8 Å². The van der Waals surface area contributed by atoms with Gasteiger partial charge in [-0.25, -0.2) is 0 Å². The number of hydrogen-bond donors (Lipinski definition) is 1. The van der Waals surface area contributed by atoms with Crippen LogP contribution in [0.25, 0.3) is 0 Å². The third-order valence-electron chi connectivity index (χ3n) is 3.77. The SMILES string of the molecule is CCOCC1(C)CCN([C@@H](CC)C(=O)O)CC1. The smallest absolute Gasteiger partial charge is 0.320 e. The van der Waals surface area contributed by atoms with Crippen molar-refractivity contribution in [1.29, 1.82) is 0 Å². The van der Waals surface area contributed by atoms with Crippen molar-refractivity contribution in [2.24, 2.45) is 5.41 Å². The second kappa shape index (κ2) is 6.36. The predicted octanol–water partition coefficient (Wildman–Crippen LogP) is 1.99. The lowest BCUT2D eigenvalue weighted by Crippen LogP contribution is -2.48. The molecule has 17 heavy (non-hydrogen) atoms. The Morgan fingerprint density at radius 2 is 2.00 bits per heavy atom. The van der Waals surface area contributed by atoms with Crippen LogP contribution in [0.3, 0.4) is 0 Å². The van der Waals surface area contributed by atoms with Gasteiger partial charge in [0.25, 0.3) is 0 Å². The van der Waals surface area contributed by atoms with E-state index in [0.29, 0.717) is 6.42 Å². The fourth-order valence-electron chi connectivity index (χ4n) is 2.46. The Bertz CT molecular complexity index is 247. The van der Waals surface area contributed by atoms with Gasteiger partial charge in [0, 0.05) is 6.61 Å². The summed E-state index contributed by atoms with van der Waals surface area (Å²) in [5.74, 6) is -0.694. The maximum absolute atomic E-state index is 11.1. The third-order valence-corrected chi connectivity index (χ3v) is 3.77. The van der Waals surface area contributed by atoms with Gasteiger partial charge in [-0.1, -0.05) is 13.8 Å². The van der Waals surface area contributed by atoms with Crippen LogP contribution in [0.1, 0.15) is 40.0 Å². The molecule has 1 aliphatic heterocycles. The molecule has 4 nitrogen and oxygen atoms in total. The minimum Gasteiger partial charge on any atom is -0.480 e. The molecule has 1 heterocycles. The van der Waals surface area contributed by atoms with Crippen LogP contribution in [0, 0.1) is 5.41 Å². The van der Waals surface area contributed by atoms with Crippen molar-refractivity contribution in [1.82, 2.24) is 4.90 Å². The monoisotopic (exact) mass is 243 g/mol. The lowest BCUT2D eigenvalue weighted by Gasteiger charge is -2.41. The Morgan fingerprint density at radius 1 is 1.41 bits per heavy atom. The lowest BCUT2D eigenvalue weighted by atomic mass is 9.80. The van der Waals surface area contributed by atoms with E-state index in [9.17, 15) is 4.79 Å². The first-order valence-electron chi connectivity index (χ1n) is 6.57. The van der Waals surface area contributed by atoms with E-state index < -0.39 is 5.97 Å². The number of ether oxygens (including phenoxy) is 1. The number of piperidine rings is 1. The van der Waals surface area contributed by atoms with Gasteiger partial charge in [0.15, 0.2) is 0 Å². The van der Waals surface area contributed by atoms with Gasteiger partial charge in [-0.15, -0.1) is 0 Å². The molecule has 1 rings (SSSR count). The molecule has 1 atom stereocenters. The first-order chi connectivity index (χ1) is 8.02. The van der Waals surface area contributed by atoms with Gasteiger partial charge in [-0.3, -0.25) is 9.69 Å². The first-order valence-corrected chi connectivity index (χ1v) is 6.57. The second-order valence-corrected chi connectivity index (χ2v) is 5.25. The van der Waals surface area contributed by atoms with Crippen molar-refractivity contribution in [3.8, 4) is 0 Å². The van der Waals surface area contributed by atoms with Crippen LogP contribution < -0.4 is 0 Å². The summed E-state index contributed by atoms with van der Waals surface area (Å²) in [4.78, 5) is 13.2. The predicted molar refractivity (Wildman–Crippen MR) is 67.1 cm³/mol. The van der Waals surface area contributed by atoms with Crippen LogP contribution in [0.5, 0.6) is 0 Å². The van der Waals surface area contributed by atoms with E-state index in [1.807, 2.05) is 13.8 Å². The van der Waals surface area contributed by atoms with E-state index >= 15 is 0 Å². The zero-order valence-electron chi connectivity index (χ0n) is 11.2. The quantitative estimate of drug-likeness (QED) is 0.775. The maximum atomic E-state index is 11.1. The summed E-state index contributed by atoms with van der Waals surface area (Å²) in [6, 6.07) is -0.313. The van der Waals surface area contributed by atoms with Crippen molar-refractivity contribution in [3.63, 3.8) is 0 Å². The molecule has 0 unspecified atom stereocenters. The normalized spacial score (nSPS) is 22.3. The van der Waals surface area contributed by atoms with Gasteiger partial charge in [0.2, 0.25) is 0 Å². The van der Waals surface area contributed by atoms with Crippen LogP contribution >= 0.6 is 0 Å². The molecule has 1 saturated heterocycles. The number of carbonyl (C=O) groups is 1. The molecule has 1 fully saturated rings. The standard InChI is InChI=1S/C13H25NO3/c1-4-11(12(15)16)14-8-6-13(3,7-9-14)10-17-5-2/h11H,4-10H2,1-3H3,(H,15,16)/t11-/m0/s1. The maximum Gasteiger partial charge on any atom is 0.320 e. The van der Waals surface area contributed by atoms with Crippen molar-refractivity contribution in [3.05, 3.63) is 0 Å². The molecule has 4 heteroatoms. The highest BCUT2D eigenvalue weighted by Crippen LogP contribution is 2.32. The highest BCUT2D eigenvalue weighted by atomic mass is 16.5. The first kappa shape index (κ1) is 14.5. The lowest BCUT2D eigenvalue weighted by molar-refractivity contribution is -0.144. The van der Waals surface area contributed by atoms with E-state index in [0.717, 1.165) is 39.1 Å². The number of nitrogens with zero attached hydrogens (tertiary/aromatic N) is 1. The molecular formula is C13H25NO3. The molecule has 1 N–H and O–H groups in total. The molecule has 0 aliphatic carbocycles. The number of hydrogen-bond acceptors (Lipinski definition) is 3. The van der Waals surface area contributed by atoms with Gasteiger partial charge in [-0.2, -0.15) is 0 Å². The summed E-state index contributed by atoms with van der Waals surface area (Å²) in [7, 11) is 0. The molecule has 0 radical (unpaired) electrons. The van der Waals surface area contributed by atoms with Gasteiger partial charge in [0.05, 0.1) is 6.61 Å². The molecule has 0 aromatic carbocycles. The number of aliphatic carboxylic acids is 1. The average Bonchev–Trinajstić information content (AvgIpc) is 2.30. The topological polar surface area (TPSA) is 49.8 Å². The Hall–Kier alpha value is -0.610. The molecule has 0 spiro atoms. The van der Waals surface area contributed by atoms with Crippen LogP contribution in [-0.4, -0.2) is 48.3 Å². The highest BCUT2D eigenvalue weighted by Gasteiger charge is 2.34. The summed E-state index contributed by atoms with van der Waals surface area (Å²) in [6.07, 6.45) is 2.73. The molecule has 0 bridgehead atoms. The second-order valence-electron chi connectivity index (χ2n) is 5.25. The molecule has 0 aromatic heterocycles. The highest BCUT2D eigenvalue weighted by molar-refractivity contribution is 5.73.